The molecule has 0 bridgehead atoms. The lowest BCUT2D eigenvalue weighted by atomic mass is 10.1. The van der Waals surface area contributed by atoms with E-state index in [1.165, 1.54) is 0 Å². The van der Waals surface area contributed by atoms with E-state index in [4.69, 9.17) is 0 Å². The fraction of sp³-hybridized carbons (Fsp3) is 0.538. The van der Waals surface area contributed by atoms with Gasteiger partial charge in [0, 0.05) is 13.1 Å². The smallest absolute Gasteiger partial charge is 0.215 e. The fourth-order valence-corrected chi connectivity index (χ4v) is 3.11. The number of sulfonamides is 1. The van der Waals surface area contributed by atoms with Crippen molar-refractivity contribution in [3.63, 3.8) is 0 Å². The van der Waals surface area contributed by atoms with E-state index in [9.17, 15) is 13.5 Å². The van der Waals surface area contributed by atoms with E-state index in [-0.39, 0.29) is 12.3 Å². The van der Waals surface area contributed by atoms with Crippen LogP contribution in [0.15, 0.2) is 30.3 Å². The van der Waals surface area contributed by atoms with Crippen LogP contribution in [0.25, 0.3) is 0 Å². The molecule has 0 saturated carbocycles. The maximum absolute atomic E-state index is 11.9. The Morgan fingerprint density at radius 3 is 2.37 bits per heavy atom. The molecule has 1 atom stereocenters. The van der Waals surface area contributed by atoms with Gasteiger partial charge in [0.15, 0.2) is 0 Å². The van der Waals surface area contributed by atoms with Crippen LogP contribution in [0, 0.1) is 0 Å². The van der Waals surface area contributed by atoms with E-state index in [0.717, 1.165) is 5.56 Å². The average molecular weight is 286 g/mol. The summed E-state index contributed by atoms with van der Waals surface area (Å²) in [7, 11) is 0.221. The molecule has 0 radical (unpaired) electrons. The SMILES string of the molecule is CN(C)CC(C)(O)CNS(=O)(=O)Cc1ccccc1. The zero-order valence-electron chi connectivity index (χ0n) is 11.6. The summed E-state index contributed by atoms with van der Waals surface area (Å²) in [6.45, 7) is 2.00. The molecular formula is C13H22N2O3S. The summed E-state index contributed by atoms with van der Waals surface area (Å²) in [5.41, 5.74) is -0.366. The third-order valence-corrected chi connectivity index (χ3v) is 3.83. The van der Waals surface area contributed by atoms with Gasteiger partial charge < -0.3 is 10.0 Å². The highest BCUT2D eigenvalue weighted by molar-refractivity contribution is 7.88. The number of nitrogens with zero attached hydrogens (tertiary/aromatic N) is 1. The van der Waals surface area contributed by atoms with Crippen molar-refractivity contribution in [1.82, 2.24) is 9.62 Å². The second-order valence-electron chi connectivity index (χ2n) is 5.30. The van der Waals surface area contributed by atoms with Gasteiger partial charge in [0.25, 0.3) is 0 Å². The number of rotatable bonds is 7. The van der Waals surface area contributed by atoms with Gasteiger partial charge in [-0.25, -0.2) is 13.1 Å². The minimum Gasteiger partial charge on any atom is -0.387 e. The molecule has 0 saturated heterocycles. The zero-order valence-corrected chi connectivity index (χ0v) is 12.4. The molecule has 0 spiro atoms. The molecule has 6 heteroatoms. The first kappa shape index (κ1) is 16.1. The molecule has 0 heterocycles. The van der Waals surface area contributed by atoms with Gasteiger partial charge >= 0.3 is 0 Å². The summed E-state index contributed by atoms with van der Waals surface area (Å²) in [5, 5.41) is 10.0. The Hall–Kier alpha value is -0.950. The van der Waals surface area contributed by atoms with Gasteiger partial charge in [-0.15, -0.1) is 0 Å². The monoisotopic (exact) mass is 286 g/mol. The number of hydrogen-bond acceptors (Lipinski definition) is 4. The quantitative estimate of drug-likeness (QED) is 0.762. The Kier molecular flexibility index (Phi) is 5.49. The van der Waals surface area contributed by atoms with Gasteiger partial charge in [-0.2, -0.15) is 0 Å². The Balaban J connectivity index is 2.56. The third kappa shape index (κ3) is 6.68. The molecule has 0 amide bonds. The standard InChI is InChI=1S/C13H22N2O3S/c1-13(16,11-15(2)3)10-14-19(17,18)9-12-7-5-4-6-8-12/h4-8,14,16H,9-11H2,1-3H3. The van der Waals surface area contributed by atoms with Gasteiger partial charge in [-0.3, -0.25) is 0 Å². The van der Waals surface area contributed by atoms with Crippen LogP contribution in [0.4, 0.5) is 0 Å². The van der Waals surface area contributed by atoms with Gasteiger partial charge in [0.2, 0.25) is 10.0 Å². The Labute approximate surface area is 115 Å². The molecule has 0 fully saturated rings. The molecule has 0 aliphatic rings. The zero-order chi connectivity index (χ0) is 14.5. The van der Waals surface area contributed by atoms with Gasteiger partial charge in [-0.05, 0) is 26.6 Å². The van der Waals surface area contributed by atoms with Crippen molar-refractivity contribution in [2.45, 2.75) is 18.3 Å². The van der Waals surface area contributed by atoms with Crippen molar-refractivity contribution in [3.05, 3.63) is 35.9 Å². The van der Waals surface area contributed by atoms with Crippen molar-refractivity contribution < 1.29 is 13.5 Å². The molecule has 1 aromatic rings. The predicted molar refractivity (Wildman–Crippen MR) is 76.2 cm³/mol. The van der Waals surface area contributed by atoms with E-state index < -0.39 is 15.6 Å². The molecular weight excluding hydrogens is 264 g/mol. The predicted octanol–water partition coefficient (Wildman–Crippen LogP) is 0.419. The maximum atomic E-state index is 11.9. The summed E-state index contributed by atoms with van der Waals surface area (Å²) in [6, 6.07) is 8.96. The second kappa shape index (κ2) is 6.47. The van der Waals surface area contributed by atoms with Crippen LogP contribution in [0.1, 0.15) is 12.5 Å². The molecule has 2 N–H and O–H groups in total. The summed E-state index contributed by atoms with van der Waals surface area (Å²) in [6.07, 6.45) is 0. The molecule has 19 heavy (non-hydrogen) atoms. The van der Waals surface area contributed by atoms with Crippen molar-refractivity contribution in [2.75, 3.05) is 27.2 Å². The van der Waals surface area contributed by atoms with Crippen molar-refractivity contribution in [1.29, 1.82) is 0 Å². The van der Waals surface area contributed by atoms with Crippen LogP contribution >= 0.6 is 0 Å². The molecule has 0 aliphatic carbocycles. The number of nitrogens with one attached hydrogen (secondary N) is 1. The van der Waals surface area contributed by atoms with Gasteiger partial charge in [0.1, 0.15) is 0 Å². The van der Waals surface area contributed by atoms with Crippen molar-refractivity contribution in [3.8, 4) is 0 Å². The van der Waals surface area contributed by atoms with Crippen molar-refractivity contribution >= 4 is 10.0 Å². The van der Waals surface area contributed by atoms with E-state index in [0.29, 0.717) is 6.54 Å². The van der Waals surface area contributed by atoms with Crippen LogP contribution < -0.4 is 4.72 Å². The highest BCUT2D eigenvalue weighted by Gasteiger charge is 2.24. The lowest BCUT2D eigenvalue weighted by Gasteiger charge is -2.27. The molecule has 0 aliphatic heterocycles. The van der Waals surface area contributed by atoms with Crippen LogP contribution in [-0.4, -0.2) is 51.2 Å². The fourth-order valence-electron chi connectivity index (χ4n) is 1.85. The number of benzene rings is 1. The third-order valence-electron chi connectivity index (χ3n) is 2.53. The highest BCUT2D eigenvalue weighted by atomic mass is 32.2. The number of likely N-dealkylation sites (N-methyl/N-ethyl adjacent to an activating group) is 1. The normalized spacial score (nSPS) is 15.4. The summed E-state index contributed by atoms with van der Waals surface area (Å²) < 4.78 is 26.2. The average Bonchev–Trinajstić information content (AvgIpc) is 2.26. The molecule has 108 valence electrons. The summed E-state index contributed by atoms with van der Waals surface area (Å²) in [5.74, 6) is -0.0775. The summed E-state index contributed by atoms with van der Waals surface area (Å²) in [4.78, 5) is 1.81. The van der Waals surface area contributed by atoms with E-state index >= 15 is 0 Å². The Morgan fingerprint density at radius 1 is 1.26 bits per heavy atom. The largest absolute Gasteiger partial charge is 0.387 e. The molecule has 5 nitrogen and oxygen atoms in total. The van der Waals surface area contributed by atoms with E-state index in [1.54, 1.807) is 31.2 Å². The Bertz CT molecular complexity index is 484. The minimum absolute atomic E-state index is 0.000344. The van der Waals surface area contributed by atoms with Gasteiger partial charge in [-0.1, -0.05) is 30.3 Å². The first-order valence-corrected chi connectivity index (χ1v) is 7.74. The second-order valence-corrected chi connectivity index (χ2v) is 7.11. The van der Waals surface area contributed by atoms with Crippen molar-refractivity contribution in [2.24, 2.45) is 0 Å². The minimum atomic E-state index is -3.43. The summed E-state index contributed by atoms with van der Waals surface area (Å²) >= 11 is 0. The highest BCUT2D eigenvalue weighted by Crippen LogP contribution is 2.07. The molecule has 1 unspecified atom stereocenters. The lowest BCUT2D eigenvalue weighted by molar-refractivity contribution is 0.0386. The van der Waals surface area contributed by atoms with Crippen LogP contribution in [0.3, 0.4) is 0 Å². The van der Waals surface area contributed by atoms with E-state index in [1.807, 2.05) is 25.1 Å². The maximum Gasteiger partial charge on any atom is 0.215 e. The van der Waals surface area contributed by atoms with Gasteiger partial charge in [0.05, 0.1) is 11.4 Å². The van der Waals surface area contributed by atoms with Crippen LogP contribution in [0.2, 0.25) is 0 Å². The first-order chi connectivity index (χ1) is 8.70. The Morgan fingerprint density at radius 2 is 1.84 bits per heavy atom. The number of aliphatic hydroxyl groups is 1. The van der Waals surface area contributed by atoms with Crippen LogP contribution in [0.5, 0.6) is 0 Å². The lowest BCUT2D eigenvalue weighted by Crippen LogP contribution is -2.47. The topological polar surface area (TPSA) is 69.6 Å². The van der Waals surface area contributed by atoms with E-state index in [2.05, 4.69) is 4.72 Å². The first-order valence-electron chi connectivity index (χ1n) is 6.09. The van der Waals surface area contributed by atoms with Crippen LogP contribution in [-0.2, 0) is 15.8 Å². The molecule has 1 aromatic carbocycles. The molecule has 1 rings (SSSR count). The number of hydrogen-bond donors (Lipinski definition) is 2. The molecule has 0 aromatic heterocycles.